The number of esters is 1. The Hall–Kier alpha value is -2.71. The number of nitrogens with two attached hydrogens (primary N) is 1. The SMILES string of the molecule is CCOC(=O)c1sc(NC(=O)CN(CCC(N)=O)Cc2ccccc2)cc1C. The lowest BCUT2D eigenvalue weighted by Crippen LogP contribution is -2.35. The van der Waals surface area contributed by atoms with Crippen molar-refractivity contribution >= 4 is 34.1 Å². The molecule has 2 amide bonds. The van der Waals surface area contributed by atoms with Crippen LogP contribution in [0.3, 0.4) is 0 Å². The third-order valence-electron chi connectivity index (χ3n) is 3.93. The summed E-state index contributed by atoms with van der Waals surface area (Å²) in [5.41, 5.74) is 7.05. The van der Waals surface area contributed by atoms with E-state index in [2.05, 4.69) is 5.32 Å². The van der Waals surface area contributed by atoms with E-state index < -0.39 is 11.9 Å². The van der Waals surface area contributed by atoms with Crippen LogP contribution >= 0.6 is 11.3 Å². The summed E-state index contributed by atoms with van der Waals surface area (Å²) in [7, 11) is 0. The lowest BCUT2D eigenvalue weighted by atomic mass is 10.2. The number of carbonyl (C=O) groups is 3. The molecule has 1 heterocycles. The number of benzene rings is 1. The molecule has 1 aromatic carbocycles. The van der Waals surface area contributed by atoms with Gasteiger partial charge in [-0.3, -0.25) is 14.5 Å². The second-order valence-electron chi connectivity index (χ2n) is 6.30. The lowest BCUT2D eigenvalue weighted by molar-refractivity contribution is -0.120. The zero-order valence-electron chi connectivity index (χ0n) is 16.1. The van der Waals surface area contributed by atoms with Crippen LogP contribution in [0.2, 0.25) is 0 Å². The molecule has 28 heavy (non-hydrogen) atoms. The van der Waals surface area contributed by atoms with Crippen LogP contribution in [0.5, 0.6) is 0 Å². The van der Waals surface area contributed by atoms with Crippen LogP contribution in [0.4, 0.5) is 5.00 Å². The average molecular weight is 404 g/mol. The highest BCUT2D eigenvalue weighted by Gasteiger charge is 2.17. The third-order valence-corrected chi connectivity index (χ3v) is 5.06. The molecule has 0 aliphatic heterocycles. The van der Waals surface area contributed by atoms with Crippen molar-refractivity contribution in [1.29, 1.82) is 0 Å². The van der Waals surface area contributed by atoms with Crippen molar-refractivity contribution in [3.8, 4) is 0 Å². The minimum absolute atomic E-state index is 0.105. The Morgan fingerprint density at radius 2 is 1.93 bits per heavy atom. The van der Waals surface area contributed by atoms with Gasteiger partial charge < -0.3 is 15.8 Å². The van der Waals surface area contributed by atoms with Crippen LogP contribution < -0.4 is 11.1 Å². The van der Waals surface area contributed by atoms with Gasteiger partial charge in [-0.1, -0.05) is 30.3 Å². The van der Waals surface area contributed by atoms with Crippen LogP contribution in [0.1, 0.15) is 34.1 Å². The molecule has 2 aromatic rings. The second kappa shape index (κ2) is 10.6. The van der Waals surface area contributed by atoms with E-state index in [9.17, 15) is 14.4 Å². The van der Waals surface area contributed by atoms with Crippen LogP contribution in [0.15, 0.2) is 36.4 Å². The minimum atomic E-state index is -0.411. The minimum Gasteiger partial charge on any atom is -0.462 e. The van der Waals surface area contributed by atoms with Crippen LogP contribution in [0.25, 0.3) is 0 Å². The van der Waals surface area contributed by atoms with Crippen molar-refractivity contribution < 1.29 is 19.1 Å². The fraction of sp³-hybridized carbons (Fsp3) is 0.350. The van der Waals surface area contributed by atoms with Gasteiger partial charge in [0.2, 0.25) is 11.8 Å². The largest absolute Gasteiger partial charge is 0.462 e. The zero-order valence-corrected chi connectivity index (χ0v) is 16.9. The Morgan fingerprint density at radius 1 is 1.21 bits per heavy atom. The fourth-order valence-corrected chi connectivity index (χ4v) is 3.63. The van der Waals surface area contributed by atoms with Gasteiger partial charge in [-0.15, -0.1) is 11.3 Å². The molecule has 0 atom stereocenters. The highest BCUT2D eigenvalue weighted by atomic mass is 32.1. The molecule has 0 aliphatic rings. The number of amides is 2. The van der Waals surface area contributed by atoms with Gasteiger partial charge in [-0.2, -0.15) is 0 Å². The maximum atomic E-state index is 12.5. The molecule has 8 heteroatoms. The van der Waals surface area contributed by atoms with Crippen molar-refractivity contribution in [2.75, 3.05) is 25.0 Å². The highest BCUT2D eigenvalue weighted by Crippen LogP contribution is 2.27. The monoisotopic (exact) mass is 403 g/mol. The van der Waals surface area contributed by atoms with Gasteiger partial charge >= 0.3 is 5.97 Å². The number of primary amides is 1. The third kappa shape index (κ3) is 6.79. The molecule has 7 nitrogen and oxygen atoms in total. The second-order valence-corrected chi connectivity index (χ2v) is 7.36. The van der Waals surface area contributed by atoms with E-state index in [1.54, 1.807) is 19.9 Å². The number of aryl methyl sites for hydroxylation is 1. The molecule has 0 spiro atoms. The van der Waals surface area contributed by atoms with Gasteiger partial charge in [0.25, 0.3) is 0 Å². The zero-order chi connectivity index (χ0) is 20.5. The number of ether oxygens (including phenoxy) is 1. The summed E-state index contributed by atoms with van der Waals surface area (Å²) in [4.78, 5) is 37.9. The number of thiophene rings is 1. The molecular formula is C20H25N3O4S. The first-order valence-electron chi connectivity index (χ1n) is 9.01. The molecule has 3 N–H and O–H groups in total. The van der Waals surface area contributed by atoms with E-state index in [-0.39, 0.29) is 18.9 Å². The van der Waals surface area contributed by atoms with Crippen molar-refractivity contribution in [3.63, 3.8) is 0 Å². The molecule has 1 aromatic heterocycles. The van der Waals surface area contributed by atoms with Gasteiger partial charge in [0.1, 0.15) is 4.88 Å². The molecule has 0 saturated carbocycles. The number of carbonyl (C=O) groups excluding carboxylic acids is 3. The van der Waals surface area contributed by atoms with Crippen LogP contribution in [-0.2, 0) is 20.9 Å². The quantitative estimate of drug-likeness (QED) is 0.594. The number of hydrogen-bond donors (Lipinski definition) is 2. The first-order chi connectivity index (χ1) is 13.4. The number of rotatable bonds is 10. The van der Waals surface area contributed by atoms with Gasteiger partial charge in [0.15, 0.2) is 0 Å². The molecule has 0 fully saturated rings. The molecule has 0 bridgehead atoms. The van der Waals surface area contributed by atoms with E-state index in [0.717, 1.165) is 11.1 Å². The predicted octanol–water partition coefficient (Wildman–Crippen LogP) is 2.55. The van der Waals surface area contributed by atoms with Crippen molar-refractivity contribution in [2.24, 2.45) is 5.73 Å². The summed E-state index contributed by atoms with van der Waals surface area (Å²) in [6, 6.07) is 11.4. The van der Waals surface area contributed by atoms with Gasteiger partial charge in [0, 0.05) is 19.5 Å². The Kier molecular flexibility index (Phi) is 8.16. The lowest BCUT2D eigenvalue weighted by Gasteiger charge is -2.21. The van der Waals surface area contributed by atoms with Gasteiger partial charge in [0.05, 0.1) is 18.2 Å². The summed E-state index contributed by atoms with van der Waals surface area (Å²) < 4.78 is 5.02. The van der Waals surface area contributed by atoms with E-state index in [4.69, 9.17) is 10.5 Å². The smallest absolute Gasteiger partial charge is 0.348 e. The van der Waals surface area contributed by atoms with Crippen LogP contribution in [-0.4, -0.2) is 42.4 Å². The van der Waals surface area contributed by atoms with Crippen LogP contribution in [0, 0.1) is 6.92 Å². The molecule has 0 unspecified atom stereocenters. The molecular weight excluding hydrogens is 378 g/mol. The standard InChI is InChI=1S/C20H25N3O4S/c1-3-27-20(26)19-14(2)11-18(28-19)22-17(25)13-23(10-9-16(21)24)12-15-7-5-4-6-8-15/h4-8,11H,3,9-10,12-13H2,1-2H3,(H2,21,24)(H,22,25). The fourth-order valence-electron chi connectivity index (χ4n) is 2.65. The summed E-state index contributed by atoms with van der Waals surface area (Å²) >= 11 is 1.19. The van der Waals surface area contributed by atoms with Crippen molar-refractivity contribution in [3.05, 3.63) is 52.4 Å². The molecule has 0 radical (unpaired) electrons. The maximum Gasteiger partial charge on any atom is 0.348 e. The Bertz CT molecular complexity index is 820. The Morgan fingerprint density at radius 3 is 2.57 bits per heavy atom. The molecule has 0 aliphatic carbocycles. The highest BCUT2D eigenvalue weighted by molar-refractivity contribution is 7.18. The van der Waals surface area contributed by atoms with E-state index >= 15 is 0 Å². The first-order valence-corrected chi connectivity index (χ1v) is 9.82. The predicted molar refractivity (Wildman–Crippen MR) is 109 cm³/mol. The summed E-state index contributed by atoms with van der Waals surface area (Å²) in [5, 5.41) is 3.40. The summed E-state index contributed by atoms with van der Waals surface area (Å²) in [6.07, 6.45) is 0.172. The van der Waals surface area contributed by atoms with Crippen molar-refractivity contribution in [1.82, 2.24) is 4.90 Å². The molecule has 2 rings (SSSR count). The average Bonchev–Trinajstić information content (AvgIpc) is 3.00. The van der Waals surface area contributed by atoms with E-state index in [0.29, 0.717) is 29.6 Å². The number of hydrogen-bond acceptors (Lipinski definition) is 6. The van der Waals surface area contributed by atoms with Gasteiger partial charge in [-0.05, 0) is 31.0 Å². The van der Waals surface area contributed by atoms with E-state index in [1.165, 1.54) is 11.3 Å². The van der Waals surface area contributed by atoms with Gasteiger partial charge in [-0.25, -0.2) is 4.79 Å². The number of nitrogens with zero attached hydrogens (tertiary/aromatic N) is 1. The van der Waals surface area contributed by atoms with E-state index in [1.807, 2.05) is 35.2 Å². The molecule has 150 valence electrons. The number of nitrogens with one attached hydrogen (secondary N) is 1. The Labute approximate surface area is 168 Å². The number of anilines is 1. The molecule has 0 saturated heterocycles. The topological polar surface area (TPSA) is 102 Å². The van der Waals surface area contributed by atoms with Crippen molar-refractivity contribution in [2.45, 2.75) is 26.8 Å². The summed E-state index contributed by atoms with van der Waals surface area (Å²) in [6.45, 7) is 4.86. The first kappa shape index (κ1) is 21.6. The summed E-state index contributed by atoms with van der Waals surface area (Å²) in [5.74, 6) is -1.03. The Balaban J connectivity index is 2.01. The normalized spacial score (nSPS) is 10.7. The maximum absolute atomic E-state index is 12.5.